The minimum Gasteiger partial charge on any atom is -0.355 e. The molecule has 0 saturated heterocycles. The number of nitrogens with two attached hydrogens (primary N) is 2. The molecule has 0 unspecified atom stereocenters. The van der Waals surface area contributed by atoms with Crippen molar-refractivity contribution >= 4 is 11.8 Å². The third-order valence-corrected chi connectivity index (χ3v) is 5.62. The lowest BCUT2D eigenvalue weighted by molar-refractivity contribution is -0.119. The summed E-state index contributed by atoms with van der Waals surface area (Å²) in [5, 5.41) is 12.4. The second-order valence-electron chi connectivity index (χ2n) is 8.81. The molecule has 0 fully saturated rings. The minimum atomic E-state index is -0.0847. The average Bonchev–Trinajstić information content (AvgIpc) is 2.94. The Morgan fingerprint density at radius 1 is 0.649 bits per heavy atom. The van der Waals surface area contributed by atoms with Gasteiger partial charge in [0, 0.05) is 18.7 Å². The van der Waals surface area contributed by atoms with Gasteiger partial charge in [0.15, 0.2) is 0 Å². The van der Waals surface area contributed by atoms with Crippen LogP contribution < -0.4 is 32.7 Å². The number of hydrogen-bond acceptors (Lipinski definition) is 6. The van der Waals surface area contributed by atoms with Gasteiger partial charge in [-0.15, -0.1) is 0 Å². The van der Waals surface area contributed by atoms with Gasteiger partial charge in [0.1, 0.15) is 0 Å². The van der Waals surface area contributed by atoms with E-state index in [2.05, 4.69) is 40.3 Å². The zero-order valence-corrected chi connectivity index (χ0v) is 22.6. The monoisotopic (exact) mass is 512 g/mol. The van der Waals surface area contributed by atoms with E-state index in [1.54, 1.807) is 0 Å². The Morgan fingerprint density at radius 3 is 1.81 bits per heavy atom. The lowest BCUT2D eigenvalue weighted by Gasteiger charge is -2.06. The molecule has 0 spiro atoms. The maximum Gasteiger partial charge on any atom is 0.251 e. The van der Waals surface area contributed by atoms with Crippen LogP contribution in [0.1, 0.15) is 55.8 Å². The predicted octanol–water partition coefficient (Wildman–Crippen LogP) is 2.64. The van der Waals surface area contributed by atoms with E-state index >= 15 is 0 Å². The summed E-state index contributed by atoms with van der Waals surface area (Å²) in [6.45, 7) is 8.44. The highest BCUT2D eigenvalue weighted by atomic mass is 16.2. The quantitative estimate of drug-likeness (QED) is 0.170. The van der Waals surface area contributed by atoms with E-state index in [0.717, 1.165) is 76.1 Å². The molecular weight excluding hydrogens is 464 g/mol. The summed E-state index contributed by atoms with van der Waals surface area (Å²) >= 11 is 0. The number of nitrogens with one attached hydrogen (secondary N) is 4. The zero-order chi connectivity index (χ0) is 27.0. The Balaban J connectivity index is 0.000000371. The first-order valence-electron chi connectivity index (χ1n) is 13.6. The third kappa shape index (κ3) is 16.6. The molecule has 2 aromatic rings. The van der Waals surface area contributed by atoms with Crippen molar-refractivity contribution in [1.29, 1.82) is 0 Å². The van der Waals surface area contributed by atoms with Crippen LogP contribution in [0.3, 0.4) is 0 Å². The molecule has 8 N–H and O–H groups in total. The van der Waals surface area contributed by atoms with Gasteiger partial charge in [-0.2, -0.15) is 0 Å². The van der Waals surface area contributed by atoms with Crippen LogP contribution in [0.2, 0.25) is 0 Å². The second kappa shape index (κ2) is 22.4. The van der Waals surface area contributed by atoms with Crippen molar-refractivity contribution in [1.82, 2.24) is 21.3 Å². The Kier molecular flexibility index (Phi) is 19.5. The summed E-state index contributed by atoms with van der Waals surface area (Å²) in [5.74, 6) is -0.0772. The summed E-state index contributed by atoms with van der Waals surface area (Å²) in [6.07, 6.45) is 6.46. The van der Waals surface area contributed by atoms with Gasteiger partial charge >= 0.3 is 0 Å². The highest BCUT2D eigenvalue weighted by molar-refractivity contribution is 5.94. The van der Waals surface area contributed by atoms with Crippen molar-refractivity contribution in [2.45, 2.75) is 45.4 Å². The average molecular weight is 513 g/mol. The smallest absolute Gasteiger partial charge is 0.251 e. The fourth-order valence-corrected chi connectivity index (χ4v) is 3.42. The van der Waals surface area contributed by atoms with Crippen molar-refractivity contribution < 1.29 is 9.59 Å². The van der Waals surface area contributed by atoms with Gasteiger partial charge in [0.05, 0.1) is 6.54 Å². The number of amides is 2. The van der Waals surface area contributed by atoms with Crippen LogP contribution in [-0.4, -0.2) is 64.2 Å². The Morgan fingerprint density at radius 2 is 1.22 bits per heavy atom. The van der Waals surface area contributed by atoms with E-state index < -0.39 is 0 Å². The molecule has 0 aliphatic heterocycles. The van der Waals surface area contributed by atoms with Crippen LogP contribution in [0.5, 0.6) is 0 Å². The Labute approximate surface area is 223 Å². The van der Waals surface area contributed by atoms with Crippen molar-refractivity contribution in [3.63, 3.8) is 0 Å². The minimum absolute atomic E-state index is 0.00746. The molecule has 0 saturated carbocycles. The van der Waals surface area contributed by atoms with Gasteiger partial charge in [-0.3, -0.25) is 9.59 Å². The molecule has 206 valence electrons. The second-order valence-corrected chi connectivity index (χ2v) is 8.81. The number of hydrogen-bond donors (Lipinski definition) is 6. The van der Waals surface area contributed by atoms with Crippen LogP contribution in [0.4, 0.5) is 0 Å². The highest BCUT2D eigenvalue weighted by Crippen LogP contribution is 2.19. The molecule has 8 heteroatoms. The fourth-order valence-electron chi connectivity index (χ4n) is 3.42. The predicted molar refractivity (Wildman–Crippen MR) is 154 cm³/mol. The van der Waals surface area contributed by atoms with Gasteiger partial charge in [0.2, 0.25) is 5.91 Å². The van der Waals surface area contributed by atoms with Crippen molar-refractivity contribution in [2.24, 2.45) is 11.5 Å². The van der Waals surface area contributed by atoms with E-state index in [1.807, 2.05) is 42.5 Å². The molecule has 0 radical (unpaired) electrons. The molecule has 0 aliphatic rings. The van der Waals surface area contributed by atoms with Crippen molar-refractivity contribution in [3.05, 3.63) is 60.2 Å². The van der Waals surface area contributed by atoms with E-state index in [9.17, 15) is 9.59 Å². The van der Waals surface area contributed by atoms with E-state index in [4.69, 9.17) is 11.5 Å². The summed E-state index contributed by atoms with van der Waals surface area (Å²) in [6, 6.07) is 17.9. The van der Waals surface area contributed by atoms with Crippen LogP contribution >= 0.6 is 0 Å². The third-order valence-electron chi connectivity index (χ3n) is 5.62. The Hall–Kier alpha value is -2.78. The molecule has 37 heavy (non-hydrogen) atoms. The van der Waals surface area contributed by atoms with Crippen LogP contribution in [-0.2, 0) is 4.79 Å². The summed E-state index contributed by atoms with van der Waals surface area (Å²) in [4.78, 5) is 22.7. The summed E-state index contributed by atoms with van der Waals surface area (Å²) in [5.41, 5.74) is 13.6. The SMILES string of the molecule is CCCCNC(=O)c1ccc(-c2ccccc2)cc1.NCCCNCCCCNCCCNC(=O)CN. The molecule has 0 aromatic heterocycles. The zero-order valence-electron chi connectivity index (χ0n) is 22.6. The van der Waals surface area contributed by atoms with Crippen molar-refractivity contribution in [3.8, 4) is 11.1 Å². The van der Waals surface area contributed by atoms with Crippen LogP contribution in [0.25, 0.3) is 11.1 Å². The van der Waals surface area contributed by atoms with Crippen LogP contribution in [0, 0.1) is 0 Å². The standard InChI is InChI=1S/C17H19NO.C12H29N5O/c1-2-3-13-18-17(19)16-11-9-15(10-12-16)14-7-5-4-6-8-14;13-5-3-8-15-6-1-2-7-16-9-4-10-17-12(18)11-14/h4-12H,2-3,13H2,1H3,(H,18,19);15-16H,1-11,13-14H2,(H,17,18). The van der Waals surface area contributed by atoms with E-state index in [1.165, 1.54) is 18.4 Å². The first kappa shape index (κ1) is 32.2. The van der Waals surface area contributed by atoms with E-state index in [-0.39, 0.29) is 18.4 Å². The molecule has 2 aromatic carbocycles. The first-order valence-corrected chi connectivity index (χ1v) is 13.6. The van der Waals surface area contributed by atoms with Gasteiger partial charge < -0.3 is 32.7 Å². The van der Waals surface area contributed by atoms with Gasteiger partial charge in [0.25, 0.3) is 5.91 Å². The number of benzene rings is 2. The molecule has 8 nitrogen and oxygen atoms in total. The number of carbonyl (C=O) groups excluding carboxylic acids is 2. The molecule has 0 heterocycles. The molecule has 2 amide bonds. The first-order chi connectivity index (χ1) is 18.1. The fraction of sp³-hybridized carbons (Fsp3) is 0.517. The van der Waals surface area contributed by atoms with Gasteiger partial charge in [-0.1, -0.05) is 55.8 Å². The summed E-state index contributed by atoms with van der Waals surface area (Å²) in [7, 11) is 0. The topological polar surface area (TPSA) is 134 Å². The molecule has 0 atom stereocenters. The molecule has 0 bridgehead atoms. The van der Waals surface area contributed by atoms with Gasteiger partial charge in [-0.25, -0.2) is 0 Å². The molecule has 2 rings (SSSR count). The molecule has 0 aliphatic carbocycles. The number of carbonyl (C=O) groups is 2. The lowest BCUT2D eigenvalue weighted by atomic mass is 10.0. The normalized spacial score (nSPS) is 10.4. The molecular formula is C29H48N6O2. The number of rotatable bonds is 18. The lowest BCUT2D eigenvalue weighted by Crippen LogP contribution is -2.32. The Bertz CT molecular complexity index is 830. The maximum atomic E-state index is 11.9. The number of unbranched alkanes of at least 4 members (excludes halogenated alkanes) is 2. The van der Waals surface area contributed by atoms with Gasteiger partial charge in [-0.05, 0) is 88.1 Å². The van der Waals surface area contributed by atoms with Crippen molar-refractivity contribution in [2.75, 3.05) is 52.4 Å². The summed E-state index contributed by atoms with van der Waals surface area (Å²) < 4.78 is 0. The van der Waals surface area contributed by atoms with E-state index in [0.29, 0.717) is 6.54 Å². The maximum absolute atomic E-state index is 11.9. The largest absolute Gasteiger partial charge is 0.355 e. The van der Waals surface area contributed by atoms with Crippen LogP contribution in [0.15, 0.2) is 54.6 Å². The highest BCUT2D eigenvalue weighted by Gasteiger charge is 2.04.